The van der Waals surface area contributed by atoms with Crippen molar-refractivity contribution in [3.63, 3.8) is 0 Å². The maximum absolute atomic E-state index is 5.46. The summed E-state index contributed by atoms with van der Waals surface area (Å²) < 4.78 is 0. The Labute approximate surface area is 94.7 Å². The van der Waals surface area contributed by atoms with Crippen LogP contribution in [0.2, 0.25) is 0 Å². The molecule has 2 rings (SSSR count). The topological polar surface area (TPSA) is 26.0 Å². The molecule has 15 heavy (non-hydrogen) atoms. The monoisotopic (exact) mass is 217 g/mol. The summed E-state index contributed by atoms with van der Waals surface area (Å²) in [5.74, 6) is 2.09. The maximum Gasteiger partial charge on any atom is 0.0185 e. The first-order valence-corrected chi connectivity index (χ1v) is 6.31. The number of rotatable bonds is 4. The van der Waals surface area contributed by atoms with Crippen LogP contribution in [0.4, 0.5) is 0 Å². The van der Waals surface area contributed by atoms with Crippen LogP contribution in [0.3, 0.4) is 0 Å². The largest absolute Gasteiger partial charge is 0.330 e. The first kappa shape index (κ1) is 10.5. The highest BCUT2D eigenvalue weighted by molar-refractivity contribution is 7.98. The molecule has 78 valence electrons. The zero-order valence-electron chi connectivity index (χ0n) is 8.65. The van der Waals surface area contributed by atoms with E-state index in [0.29, 0.717) is 0 Å². The molecule has 0 amide bonds. The van der Waals surface area contributed by atoms with Crippen LogP contribution in [0, 0.1) is 0 Å². The predicted molar refractivity (Wildman–Crippen MR) is 69.2 cm³/mol. The molecular formula is C13H15NS. The van der Waals surface area contributed by atoms with E-state index in [1.807, 2.05) is 11.8 Å². The number of fused-ring (bicyclic) bond motifs is 1. The van der Waals surface area contributed by atoms with Gasteiger partial charge < -0.3 is 5.73 Å². The molecule has 0 aromatic heterocycles. The highest BCUT2D eigenvalue weighted by atomic mass is 32.2. The number of nitrogens with two attached hydrogens (primary N) is 1. The molecule has 2 heteroatoms. The van der Waals surface area contributed by atoms with Crippen molar-refractivity contribution in [2.75, 3.05) is 12.3 Å². The minimum absolute atomic E-state index is 0.762. The van der Waals surface area contributed by atoms with Gasteiger partial charge in [0.05, 0.1) is 0 Å². The molecule has 0 bridgehead atoms. The fraction of sp³-hybridized carbons (Fsp3) is 0.231. The second-order valence-electron chi connectivity index (χ2n) is 3.52. The van der Waals surface area contributed by atoms with Crippen molar-refractivity contribution in [3.05, 3.63) is 48.0 Å². The van der Waals surface area contributed by atoms with Crippen molar-refractivity contribution in [2.45, 2.75) is 5.75 Å². The summed E-state index contributed by atoms with van der Waals surface area (Å²) in [6, 6.07) is 15.1. The molecule has 2 N–H and O–H groups in total. The molecule has 0 heterocycles. The van der Waals surface area contributed by atoms with Crippen molar-refractivity contribution >= 4 is 22.5 Å². The van der Waals surface area contributed by atoms with Gasteiger partial charge in [-0.2, -0.15) is 11.8 Å². The minimum atomic E-state index is 0.762. The van der Waals surface area contributed by atoms with Crippen molar-refractivity contribution < 1.29 is 0 Å². The zero-order valence-corrected chi connectivity index (χ0v) is 9.46. The van der Waals surface area contributed by atoms with Gasteiger partial charge in [0.2, 0.25) is 0 Å². The number of hydrogen-bond acceptors (Lipinski definition) is 2. The van der Waals surface area contributed by atoms with Gasteiger partial charge in [0, 0.05) is 18.1 Å². The standard InChI is InChI=1S/C13H15NS/c14-7-8-15-10-11-5-6-12-3-1-2-4-13(12)9-11/h1-6,9H,7-8,10,14H2. The summed E-state index contributed by atoms with van der Waals surface area (Å²) >= 11 is 1.89. The molecule has 2 aromatic carbocycles. The van der Waals surface area contributed by atoms with Crippen LogP contribution >= 0.6 is 11.8 Å². The molecule has 0 aliphatic carbocycles. The first-order valence-electron chi connectivity index (χ1n) is 5.15. The molecule has 0 aliphatic rings. The van der Waals surface area contributed by atoms with Gasteiger partial charge >= 0.3 is 0 Å². The van der Waals surface area contributed by atoms with E-state index in [1.165, 1.54) is 16.3 Å². The van der Waals surface area contributed by atoms with Crippen LogP contribution in [0.5, 0.6) is 0 Å². The van der Waals surface area contributed by atoms with Crippen LogP contribution in [0.15, 0.2) is 42.5 Å². The number of hydrogen-bond donors (Lipinski definition) is 1. The fourth-order valence-electron chi connectivity index (χ4n) is 1.60. The van der Waals surface area contributed by atoms with E-state index in [2.05, 4.69) is 42.5 Å². The van der Waals surface area contributed by atoms with Crippen LogP contribution in [-0.2, 0) is 5.75 Å². The van der Waals surface area contributed by atoms with E-state index in [9.17, 15) is 0 Å². The third-order valence-corrected chi connectivity index (χ3v) is 3.41. The van der Waals surface area contributed by atoms with Gasteiger partial charge in [0.1, 0.15) is 0 Å². The van der Waals surface area contributed by atoms with Crippen LogP contribution in [0.1, 0.15) is 5.56 Å². The highest BCUT2D eigenvalue weighted by Gasteiger charge is 1.96. The lowest BCUT2D eigenvalue weighted by atomic mass is 10.1. The smallest absolute Gasteiger partial charge is 0.0185 e. The lowest BCUT2D eigenvalue weighted by Gasteiger charge is -2.03. The Morgan fingerprint density at radius 1 is 1.00 bits per heavy atom. The molecule has 0 saturated heterocycles. The molecule has 0 radical (unpaired) electrons. The Balaban J connectivity index is 2.16. The Hall–Kier alpha value is -0.990. The van der Waals surface area contributed by atoms with Crippen molar-refractivity contribution in [1.82, 2.24) is 0 Å². The number of benzene rings is 2. The van der Waals surface area contributed by atoms with Crippen molar-refractivity contribution in [3.8, 4) is 0 Å². The summed E-state index contributed by atoms with van der Waals surface area (Å²) in [5, 5.41) is 2.63. The Morgan fingerprint density at radius 2 is 1.80 bits per heavy atom. The average molecular weight is 217 g/mol. The lowest BCUT2D eigenvalue weighted by Crippen LogP contribution is -2.01. The van der Waals surface area contributed by atoms with Gasteiger partial charge in [0.15, 0.2) is 0 Å². The van der Waals surface area contributed by atoms with Gasteiger partial charge in [-0.25, -0.2) is 0 Å². The second-order valence-corrected chi connectivity index (χ2v) is 4.63. The summed E-state index contributed by atoms with van der Waals surface area (Å²) in [7, 11) is 0. The normalized spacial score (nSPS) is 10.7. The Kier molecular flexibility index (Phi) is 3.64. The molecular weight excluding hydrogens is 202 g/mol. The summed E-state index contributed by atoms with van der Waals surface area (Å²) in [4.78, 5) is 0. The van der Waals surface area contributed by atoms with Crippen LogP contribution in [0.25, 0.3) is 10.8 Å². The lowest BCUT2D eigenvalue weighted by molar-refractivity contribution is 1.15. The number of thioether (sulfide) groups is 1. The van der Waals surface area contributed by atoms with E-state index < -0.39 is 0 Å². The summed E-state index contributed by atoms with van der Waals surface area (Å²) in [5.41, 5.74) is 6.84. The van der Waals surface area contributed by atoms with Gasteiger partial charge in [-0.15, -0.1) is 0 Å². The molecule has 0 atom stereocenters. The Morgan fingerprint density at radius 3 is 2.60 bits per heavy atom. The minimum Gasteiger partial charge on any atom is -0.330 e. The molecule has 1 nitrogen and oxygen atoms in total. The molecule has 0 unspecified atom stereocenters. The molecule has 0 saturated carbocycles. The molecule has 0 fully saturated rings. The highest BCUT2D eigenvalue weighted by Crippen LogP contribution is 2.18. The average Bonchev–Trinajstić information content (AvgIpc) is 2.29. The van der Waals surface area contributed by atoms with E-state index in [-0.39, 0.29) is 0 Å². The van der Waals surface area contributed by atoms with Gasteiger partial charge in [-0.05, 0) is 16.3 Å². The van der Waals surface area contributed by atoms with E-state index in [4.69, 9.17) is 5.73 Å². The fourth-order valence-corrected chi connectivity index (χ4v) is 2.33. The maximum atomic E-state index is 5.46. The third-order valence-electron chi connectivity index (χ3n) is 2.34. The van der Waals surface area contributed by atoms with Gasteiger partial charge in [0.25, 0.3) is 0 Å². The Bertz CT molecular complexity index is 439. The van der Waals surface area contributed by atoms with Crippen LogP contribution < -0.4 is 5.73 Å². The predicted octanol–water partition coefficient (Wildman–Crippen LogP) is 3.03. The van der Waals surface area contributed by atoms with Gasteiger partial charge in [-0.1, -0.05) is 42.5 Å². The van der Waals surface area contributed by atoms with E-state index in [1.54, 1.807) is 0 Å². The first-order chi connectivity index (χ1) is 7.40. The van der Waals surface area contributed by atoms with Crippen molar-refractivity contribution in [1.29, 1.82) is 0 Å². The summed E-state index contributed by atoms with van der Waals surface area (Å²) in [6.07, 6.45) is 0. The van der Waals surface area contributed by atoms with Crippen LogP contribution in [-0.4, -0.2) is 12.3 Å². The summed E-state index contributed by atoms with van der Waals surface area (Å²) in [6.45, 7) is 0.762. The van der Waals surface area contributed by atoms with E-state index >= 15 is 0 Å². The molecule has 0 spiro atoms. The van der Waals surface area contributed by atoms with Gasteiger partial charge in [-0.3, -0.25) is 0 Å². The second kappa shape index (κ2) is 5.19. The molecule has 2 aromatic rings. The quantitative estimate of drug-likeness (QED) is 0.797. The third kappa shape index (κ3) is 2.74. The van der Waals surface area contributed by atoms with Crippen molar-refractivity contribution in [2.24, 2.45) is 5.73 Å². The zero-order chi connectivity index (χ0) is 10.5. The molecule has 0 aliphatic heterocycles. The van der Waals surface area contributed by atoms with E-state index in [0.717, 1.165) is 18.1 Å². The SMILES string of the molecule is NCCSCc1ccc2ccccc2c1.